The van der Waals surface area contributed by atoms with Gasteiger partial charge in [0.1, 0.15) is 17.2 Å². The van der Waals surface area contributed by atoms with Gasteiger partial charge in [-0.3, -0.25) is 4.79 Å². The van der Waals surface area contributed by atoms with Crippen LogP contribution < -0.4 is 4.80 Å². The lowest BCUT2D eigenvalue weighted by Crippen LogP contribution is -2.17. The van der Waals surface area contributed by atoms with Crippen LogP contribution in [0.3, 0.4) is 0 Å². The number of hydrogen-bond acceptors (Lipinski definition) is 2. The Morgan fingerprint density at radius 1 is 1.25 bits per heavy atom. The number of amides is 1. The third kappa shape index (κ3) is 2.84. The highest BCUT2D eigenvalue weighted by Gasteiger charge is 2.17. The number of terminal acetylenes is 1. The number of rotatable bonds is 2. The number of para-hydroxylation sites is 1. The molecule has 0 fully saturated rings. The number of carbonyl (C=O) groups excluding carboxylic acids is 1. The van der Waals surface area contributed by atoms with Crippen molar-refractivity contribution in [1.29, 1.82) is 0 Å². The molecule has 1 aromatic heterocycles. The largest absolute Gasteiger partial charge is 0.303 e. The fourth-order valence-electron chi connectivity index (χ4n) is 2.25. The number of halogens is 3. The van der Waals surface area contributed by atoms with Crippen molar-refractivity contribution in [1.82, 2.24) is 4.57 Å². The second-order valence-electron chi connectivity index (χ2n) is 4.78. The number of aromatic nitrogens is 1. The number of nitrogens with zero attached hydrogens (tertiary/aromatic N) is 2. The zero-order chi connectivity index (χ0) is 17.3. The maximum atomic E-state index is 13.7. The van der Waals surface area contributed by atoms with Crippen LogP contribution in [0.1, 0.15) is 10.4 Å². The fraction of sp³-hybridized carbons (Fsp3) is 0.0588. The molecule has 0 aliphatic heterocycles. The third-order valence-corrected chi connectivity index (χ3v) is 4.62. The van der Waals surface area contributed by atoms with Gasteiger partial charge >= 0.3 is 0 Å². The maximum Gasteiger partial charge on any atom is 0.285 e. The zero-order valence-electron chi connectivity index (χ0n) is 12.1. The molecular formula is C17H9ClF2N2OS. The summed E-state index contributed by atoms with van der Waals surface area (Å²) < 4.78 is 29.8. The molecule has 24 heavy (non-hydrogen) atoms. The average Bonchev–Trinajstić information content (AvgIpc) is 2.86. The summed E-state index contributed by atoms with van der Waals surface area (Å²) in [5.74, 6) is -0.490. The molecule has 0 N–H and O–H groups in total. The molecule has 7 heteroatoms. The van der Waals surface area contributed by atoms with Crippen LogP contribution in [0.5, 0.6) is 0 Å². The zero-order valence-corrected chi connectivity index (χ0v) is 13.7. The van der Waals surface area contributed by atoms with Gasteiger partial charge in [0.2, 0.25) is 0 Å². The van der Waals surface area contributed by atoms with Gasteiger partial charge < -0.3 is 4.57 Å². The van der Waals surface area contributed by atoms with Crippen molar-refractivity contribution in [3.63, 3.8) is 0 Å². The molecule has 0 unspecified atom stereocenters. The predicted octanol–water partition coefficient (Wildman–Crippen LogP) is 4.01. The molecule has 1 amide bonds. The van der Waals surface area contributed by atoms with E-state index < -0.39 is 23.1 Å². The molecule has 0 spiro atoms. The van der Waals surface area contributed by atoms with E-state index in [1.54, 1.807) is 22.8 Å². The number of fused-ring (bicyclic) bond motifs is 1. The van der Waals surface area contributed by atoms with E-state index in [1.807, 2.05) is 0 Å². The van der Waals surface area contributed by atoms with Crippen molar-refractivity contribution in [3.05, 3.63) is 63.4 Å². The van der Waals surface area contributed by atoms with E-state index >= 15 is 0 Å². The number of benzene rings is 2. The van der Waals surface area contributed by atoms with Crippen molar-refractivity contribution >= 4 is 39.1 Å². The second-order valence-corrected chi connectivity index (χ2v) is 6.19. The lowest BCUT2D eigenvalue weighted by Gasteiger charge is -2.02. The molecule has 0 saturated carbocycles. The first kappa shape index (κ1) is 16.4. The highest BCUT2D eigenvalue weighted by Crippen LogP contribution is 2.25. The van der Waals surface area contributed by atoms with Crippen molar-refractivity contribution in [3.8, 4) is 12.3 Å². The molecule has 0 radical (unpaired) electrons. The van der Waals surface area contributed by atoms with Gasteiger partial charge in [-0.25, -0.2) is 8.78 Å². The van der Waals surface area contributed by atoms with E-state index in [1.165, 1.54) is 6.07 Å². The maximum absolute atomic E-state index is 13.7. The lowest BCUT2D eigenvalue weighted by atomic mass is 10.2. The summed E-state index contributed by atoms with van der Waals surface area (Å²) in [6.45, 7) is 0.121. The molecule has 120 valence electrons. The number of hydrogen-bond donors (Lipinski definition) is 0. The molecule has 0 atom stereocenters. The molecule has 2 aromatic carbocycles. The Kier molecular flexibility index (Phi) is 4.47. The topological polar surface area (TPSA) is 34.4 Å². The van der Waals surface area contributed by atoms with Gasteiger partial charge in [0.05, 0.1) is 21.8 Å². The monoisotopic (exact) mass is 362 g/mol. The first-order valence-corrected chi connectivity index (χ1v) is 7.96. The summed E-state index contributed by atoms with van der Waals surface area (Å²) in [4.78, 5) is 16.3. The smallest absolute Gasteiger partial charge is 0.285 e. The Bertz CT molecular complexity index is 1040. The summed E-state index contributed by atoms with van der Waals surface area (Å²) in [6, 6.07) is 8.42. The van der Waals surface area contributed by atoms with Crippen LogP contribution in [-0.4, -0.2) is 10.5 Å². The van der Waals surface area contributed by atoms with Crippen molar-refractivity contribution in [2.45, 2.75) is 6.54 Å². The molecule has 1 heterocycles. The normalized spacial score (nSPS) is 11.7. The van der Waals surface area contributed by atoms with Gasteiger partial charge in [0, 0.05) is 0 Å². The first-order chi connectivity index (χ1) is 11.5. The molecule has 0 bridgehead atoms. The first-order valence-electron chi connectivity index (χ1n) is 6.77. The van der Waals surface area contributed by atoms with E-state index in [0.29, 0.717) is 10.5 Å². The van der Waals surface area contributed by atoms with Crippen LogP contribution in [-0.2, 0) is 6.54 Å². The number of carbonyl (C=O) groups is 1. The summed E-state index contributed by atoms with van der Waals surface area (Å²) >= 11 is 7.35. The Balaban J connectivity index is 2.24. The number of thiazole rings is 1. The lowest BCUT2D eigenvalue weighted by molar-refractivity contribution is 0.0990. The average molecular weight is 363 g/mol. The summed E-state index contributed by atoms with van der Waals surface area (Å²) in [7, 11) is 0. The summed E-state index contributed by atoms with van der Waals surface area (Å²) in [5, 5.41) is 0.449. The van der Waals surface area contributed by atoms with Crippen LogP contribution in [0.4, 0.5) is 8.78 Å². The van der Waals surface area contributed by atoms with Crippen LogP contribution in [0.25, 0.3) is 10.2 Å². The molecule has 3 nitrogen and oxygen atoms in total. The van der Waals surface area contributed by atoms with E-state index in [2.05, 4.69) is 10.9 Å². The van der Waals surface area contributed by atoms with E-state index in [9.17, 15) is 13.6 Å². The molecular weight excluding hydrogens is 354 g/mol. The minimum atomic E-state index is -1.01. The van der Waals surface area contributed by atoms with E-state index in [-0.39, 0.29) is 11.3 Å². The van der Waals surface area contributed by atoms with Gasteiger partial charge in [0.15, 0.2) is 4.80 Å². The molecule has 3 aromatic rings. The Morgan fingerprint density at radius 2 is 1.92 bits per heavy atom. The van der Waals surface area contributed by atoms with Crippen LogP contribution in [0.2, 0.25) is 5.02 Å². The quantitative estimate of drug-likeness (QED) is 0.634. The van der Waals surface area contributed by atoms with Crippen molar-refractivity contribution < 1.29 is 13.6 Å². The Hall–Kier alpha value is -2.49. The SMILES string of the molecule is C#CCn1c(=NC(=O)c2c(F)cccc2F)sc2cccc(Cl)c21. The highest BCUT2D eigenvalue weighted by atomic mass is 35.5. The third-order valence-electron chi connectivity index (χ3n) is 3.28. The predicted molar refractivity (Wildman–Crippen MR) is 89.9 cm³/mol. The van der Waals surface area contributed by atoms with Gasteiger partial charge in [-0.2, -0.15) is 4.99 Å². The Morgan fingerprint density at radius 3 is 2.58 bits per heavy atom. The van der Waals surface area contributed by atoms with Gasteiger partial charge in [0.25, 0.3) is 5.91 Å². The summed E-state index contributed by atoms with van der Waals surface area (Å²) in [5.41, 5.74) is -0.0732. The van der Waals surface area contributed by atoms with Crippen molar-refractivity contribution in [2.75, 3.05) is 0 Å². The van der Waals surface area contributed by atoms with Gasteiger partial charge in [-0.15, -0.1) is 6.42 Å². The standard InChI is InChI=1S/C17H9ClF2N2OS/c1-2-9-22-15-10(18)5-3-8-13(15)24-17(22)21-16(23)14-11(19)6-4-7-12(14)20/h1,3-8H,9H2. The molecule has 0 aliphatic rings. The van der Waals surface area contributed by atoms with Gasteiger partial charge in [-0.1, -0.05) is 41.0 Å². The van der Waals surface area contributed by atoms with Crippen LogP contribution in [0, 0.1) is 24.0 Å². The Labute approximate surface area is 144 Å². The molecule has 3 rings (SSSR count). The van der Waals surface area contributed by atoms with Crippen molar-refractivity contribution in [2.24, 2.45) is 4.99 Å². The second kappa shape index (κ2) is 6.56. The van der Waals surface area contributed by atoms with Crippen LogP contribution >= 0.6 is 22.9 Å². The molecule has 0 aliphatic carbocycles. The highest BCUT2D eigenvalue weighted by molar-refractivity contribution is 7.16. The van der Waals surface area contributed by atoms with Crippen LogP contribution in [0.15, 0.2) is 41.4 Å². The fourth-order valence-corrected chi connectivity index (χ4v) is 3.64. The van der Waals surface area contributed by atoms with E-state index in [0.717, 1.165) is 28.2 Å². The van der Waals surface area contributed by atoms with E-state index in [4.69, 9.17) is 18.0 Å². The minimum absolute atomic E-state index is 0.121. The van der Waals surface area contributed by atoms with Gasteiger partial charge in [-0.05, 0) is 24.3 Å². The molecule has 0 saturated heterocycles. The minimum Gasteiger partial charge on any atom is -0.303 e. The summed E-state index contributed by atoms with van der Waals surface area (Å²) in [6.07, 6.45) is 5.36.